The topological polar surface area (TPSA) is 15.3 Å². The van der Waals surface area contributed by atoms with Crippen molar-refractivity contribution in [3.05, 3.63) is 29.8 Å². The Hall–Kier alpha value is -1.02. The fourth-order valence-corrected chi connectivity index (χ4v) is 5.00. The molecule has 2 heterocycles. The highest BCUT2D eigenvalue weighted by Crippen LogP contribution is 2.44. The van der Waals surface area contributed by atoms with E-state index < -0.39 is 0 Å². The lowest BCUT2D eigenvalue weighted by molar-refractivity contribution is 0.0973. The molecular weight excluding hydrogens is 256 g/mol. The molecule has 4 rings (SSSR count). The van der Waals surface area contributed by atoms with Crippen molar-refractivity contribution in [1.29, 1.82) is 0 Å². The summed E-state index contributed by atoms with van der Waals surface area (Å²) >= 11 is 0. The van der Waals surface area contributed by atoms with Crippen molar-refractivity contribution in [2.24, 2.45) is 5.92 Å². The van der Waals surface area contributed by atoms with Crippen LogP contribution in [-0.2, 0) is 5.41 Å². The van der Waals surface area contributed by atoms with Gasteiger partial charge in [0, 0.05) is 25.1 Å². The number of rotatable bonds is 2. The van der Waals surface area contributed by atoms with Crippen molar-refractivity contribution in [1.82, 2.24) is 4.90 Å². The molecule has 0 amide bonds. The molecule has 2 nitrogen and oxygen atoms in total. The summed E-state index contributed by atoms with van der Waals surface area (Å²) in [5.41, 5.74) is 3.38. The van der Waals surface area contributed by atoms with Crippen LogP contribution in [0.5, 0.6) is 0 Å². The van der Waals surface area contributed by atoms with Crippen LogP contribution in [0.4, 0.5) is 5.69 Å². The first-order chi connectivity index (χ1) is 10.3. The Morgan fingerprint density at radius 2 is 1.90 bits per heavy atom. The highest BCUT2D eigenvalue weighted by atomic mass is 15.2. The van der Waals surface area contributed by atoms with Crippen LogP contribution in [0.15, 0.2) is 24.3 Å². The van der Waals surface area contributed by atoms with Gasteiger partial charge in [0.1, 0.15) is 0 Å². The molecule has 0 radical (unpaired) electrons. The molecule has 1 aliphatic carbocycles. The van der Waals surface area contributed by atoms with Gasteiger partial charge < -0.3 is 10.2 Å². The van der Waals surface area contributed by atoms with Gasteiger partial charge in [-0.05, 0) is 63.2 Å². The third kappa shape index (κ3) is 2.28. The minimum Gasteiger partial charge on any atom is -0.384 e. The van der Waals surface area contributed by atoms with Gasteiger partial charge in [0.05, 0.1) is 0 Å². The first-order valence-electron chi connectivity index (χ1n) is 8.86. The van der Waals surface area contributed by atoms with Gasteiger partial charge in [-0.25, -0.2) is 0 Å². The molecule has 1 spiro atoms. The van der Waals surface area contributed by atoms with Crippen LogP contribution in [0.2, 0.25) is 0 Å². The molecule has 2 fully saturated rings. The van der Waals surface area contributed by atoms with E-state index >= 15 is 0 Å². The molecular formula is C19H30N2. The van der Waals surface area contributed by atoms with Gasteiger partial charge in [-0.1, -0.05) is 31.0 Å². The maximum atomic E-state index is 3.64. The van der Waals surface area contributed by atoms with E-state index in [4.69, 9.17) is 0 Å². The zero-order valence-corrected chi connectivity index (χ0v) is 13.3. The second kappa shape index (κ2) is 5.31. The number of piperidine rings is 1. The summed E-state index contributed by atoms with van der Waals surface area (Å²) in [6.45, 7) is 6.20. The predicted molar refractivity (Wildman–Crippen MR) is 91.0 cm³/mol. The van der Waals surface area contributed by atoms with Crippen molar-refractivity contribution >= 4 is 5.69 Å². The number of nitrogens with zero attached hydrogens (tertiary/aromatic N) is 1. The van der Waals surface area contributed by atoms with Crippen molar-refractivity contribution in [3.8, 4) is 0 Å². The van der Waals surface area contributed by atoms with Gasteiger partial charge in [-0.2, -0.15) is 0 Å². The number of nitrogens with one attached hydrogen (secondary N) is 1. The molecule has 1 aromatic rings. The van der Waals surface area contributed by atoms with Crippen LogP contribution in [-0.4, -0.2) is 30.6 Å². The van der Waals surface area contributed by atoms with E-state index in [0.29, 0.717) is 5.41 Å². The van der Waals surface area contributed by atoms with Gasteiger partial charge in [0.2, 0.25) is 0 Å². The lowest BCUT2D eigenvalue weighted by Crippen LogP contribution is -2.48. The Labute approximate surface area is 130 Å². The molecule has 1 saturated carbocycles. The summed E-state index contributed by atoms with van der Waals surface area (Å²) in [7, 11) is 0. The Bertz CT molecular complexity index is 502. The van der Waals surface area contributed by atoms with Crippen LogP contribution in [0.1, 0.15) is 52.4 Å². The van der Waals surface area contributed by atoms with Crippen molar-refractivity contribution in [2.45, 2.75) is 56.9 Å². The first-order valence-corrected chi connectivity index (χ1v) is 8.86. The highest BCUT2D eigenvalue weighted by molar-refractivity contribution is 5.60. The van der Waals surface area contributed by atoms with E-state index in [1.807, 2.05) is 0 Å². The maximum absolute atomic E-state index is 3.64. The number of likely N-dealkylation sites (tertiary alicyclic amines) is 1. The van der Waals surface area contributed by atoms with Gasteiger partial charge in [0.15, 0.2) is 0 Å². The van der Waals surface area contributed by atoms with Crippen molar-refractivity contribution < 1.29 is 1.43 Å². The van der Waals surface area contributed by atoms with Gasteiger partial charge in [-0.3, -0.25) is 0 Å². The van der Waals surface area contributed by atoms with Crippen molar-refractivity contribution in [2.75, 3.05) is 25.0 Å². The van der Waals surface area contributed by atoms with Crippen molar-refractivity contribution in [3.63, 3.8) is 0 Å². The minimum atomic E-state index is 0. The first kappa shape index (κ1) is 13.6. The predicted octanol–water partition coefficient (Wildman–Crippen LogP) is 4.27. The second-order valence-corrected chi connectivity index (χ2v) is 7.50. The normalized spacial score (nSPS) is 26.7. The molecule has 21 heavy (non-hydrogen) atoms. The highest BCUT2D eigenvalue weighted by Gasteiger charge is 2.42. The molecule has 1 unspecified atom stereocenters. The zero-order valence-electron chi connectivity index (χ0n) is 13.3. The molecule has 2 aliphatic heterocycles. The number of hydrogen-bond acceptors (Lipinski definition) is 2. The average molecular weight is 286 g/mol. The summed E-state index contributed by atoms with van der Waals surface area (Å²) in [6.07, 6.45) is 8.51. The summed E-state index contributed by atoms with van der Waals surface area (Å²) in [4.78, 5) is 2.78. The molecule has 1 saturated heterocycles. The lowest BCUT2D eigenvalue weighted by Gasteiger charge is -2.43. The van der Waals surface area contributed by atoms with Crippen LogP contribution < -0.4 is 5.32 Å². The zero-order chi connectivity index (χ0) is 14.3. The van der Waals surface area contributed by atoms with E-state index in [1.165, 1.54) is 57.3 Å². The lowest BCUT2D eigenvalue weighted by atomic mass is 9.74. The molecule has 0 aromatic heterocycles. The van der Waals surface area contributed by atoms with Gasteiger partial charge in [-0.15, -0.1) is 0 Å². The summed E-state index contributed by atoms with van der Waals surface area (Å²) in [5.74, 6) is 0.966. The average Bonchev–Trinajstić information content (AvgIpc) is 3.17. The van der Waals surface area contributed by atoms with Crippen LogP contribution >= 0.6 is 0 Å². The van der Waals surface area contributed by atoms with E-state index in [9.17, 15) is 0 Å². The Morgan fingerprint density at radius 1 is 1.19 bits per heavy atom. The summed E-state index contributed by atoms with van der Waals surface area (Å²) in [6, 6.07) is 9.76. The van der Waals surface area contributed by atoms with Gasteiger partial charge >= 0.3 is 0 Å². The fraction of sp³-hybridized carbons (Fsp3) is 0.684. The van der Waals surface area contributed by atoms with Crippen LogP contribution in [0.25, 0.3) is 0 Å². The molecule has 0 bridgehead atoms. The minimum absolute atomic E-state index is 0. The summed E-state index contributed by atoms with van der Waals surface area (Å²) in [5, 5.41) is 3.64. The third-order valence-electron chi connectivity index (χ3n) is 6.53. The van der Waals surface area contributed by atoms with E-state index in [1.54, 1.807) is 5.56 Å². The number of fused-ring (bicyclic) bond motifs is 2. The molecule has 116 valence electrons. The molecule has 2 heteroatoms. The smallest absolute Gasteiger partial charge is 0.0379 e. The molecule has 1 aromatic carbocycles. The number of anilines is 1. The third-order valence-corrected chi connectivity index (χ3v) is 6.53. The van der Waals surface area contributed by atoms with Crippen LogP contribution in [0.3, 0.4) is 0 Å². The number of para-hydroxylation sites is 1. The Balaban J connectivity index is 0.00000144. The molecule has 3 aliphatic rings. The van der Waals surface area contributed by atoms with E-state index in [2.05, 4.69) is 41.4 Å². The monoisotopic (exact) mass is 286 g/mol. The SMILES string of the molecule is CC(C1CCCC1)N1CCC2(CC1)CNc1ccccc12.[HH]. The largest absolute Gasteiger partial charge is 0.384 e. The standard InChI is InChI=1S/C19H28N2.H2/c1-15(16-6-2-3-7-16)21-12-10-19(11-13-21)14-20-18-9-5-4-8-17(18)19;/h4-5,8-9,15-16,20H,2-3,6-7,10-14H2,1H3;1H. The number of benzene rings is 1. The maximum Gasteiger partial charge on any atom is 0.0379 e. The Kier molecular flexibility index (Phi) is 3.45. The van der Waals surface area contributed by atoms with E-state index in [0.717, 1.165) is 18.5 Å². The molecule has 1 N–H and O–H groups in total. The second-order valence-electron chi connectivity index (χ2n) is 7.50. The van der Waals surface area contributed by atoms with E-state index in [-0.39, 0.29) is 1.43 Å². The van der Waals surface area contributed by atoms with Gasteiger partial charge in [0.25, 0.3) is 0 Å². The quantitative estimate of drug-likeness (QED) is 0.873. The number of hydrogen-bond donors (Lipinski definition) is 1. The Morgan fingerprint density at radius 3 is 2.67 bits per heavy atom. The van der Waals surface area contributed by atoms with Crippen LogP contribution in [0, 0.1) is 5.92 Å². The fourth-order valence-electron chi connectivity index (χ4n) is 5.00. The summed E-state index contributed by atoms with van der Waals surface area (Å²) < 4.78 is 0. The molecule has 1 atom stereocenters.